The van der Waals surface area contributed by atoms with E-state index in [-0.39, 0.29) is 12.1 Å². The maximum Gasteiger partial charge on any atom is 0.416 e. The molecule has 1 aromatic carbocycles. The third kappa shape index (κ3) is 5.27. The Morgan fingerprint density at radius 3 is 2.31 bits per heavy atom. The zero-order valence-electron chi connectivity index (χ0n) is 14.4. The summed E-state index contributed by atoms with van der Waals surface area (Å²) in [5.41, 5.74) is -1.33. The van der Waals surface area contributed by atoms with Crippen LogP contribution in [0.15, 0.2) is 24.5 Å². The maximum atomic E-state index is 14.2. The van der Waals surface area contributed by atoms with Crippen LogP contribution >= 0.6 is 0 Å². The number of aryl methyl sites for hydroxylation is 1. The average Bonchev–Trinajstić information content (AvgIpc) is 2.50. The van der Waals surface area contributed by atoms with E-state index in [1.165, 1.54) is 17.3 Å². The van der Waals surface area contributed by atoms with Crippen LogP contribution in [0.3, 0.4) is 0 Å². The van der Waals surface area contributed by atoms with Crippen LogP contribution < -0.4 is 10.6 Å². The van der Waals surface area contributed by atoms with Crippen LogP contribution in [-0.4, -0.2) is 40.4 Å². The lowest BCUT2D eigenvalue weighted by atomic mass is 10.0. The quantitative estimate of drug-likeness (QED) is 0.534. The molecule has 0 saturated heterocycles. The van der Waals surface area contributed by atoms with Crippen molar-refractivity contribution in [2.45, 2.75) is 26.0 Å². The Bertz CT molecular complexity index is 750. The maximum absolute atomic E-state index is 14.2. The second-order valence-electron chi connectivity index (χ2n) is 5.93. The first-order valence-electron chi connectivity index (χ1n) is 7.60. The molecule has 0 radical (unpaired) electrons. The summed E-state index contributed by atoms with van der Waals surface area (Å²) in [5.74, 6) is -0.397. The molecule has 1 atom stereocenters. The second-order valence-corrected chi connectivity index (χ2v) is 5.93. The fourth-order valence-corrected chi connectivity index (χ4v) is 2.27. The van der Waals surface area contributed by atoms with E-state index in [0.29, 0.717) is 17.6 Å². The minimum Gasteiger partial charge on any atom is -0.357 e. The molecule has 2 aromatic rings. The van der Waals surface area contributed by atoms with Crippen molar-refractivity contribution in [1.29, 1.82) is 0 Å². The van der Waals surface area contributed by atoms with Gasteiger partial charge >= 0.3 is 6.18 Å². The Kier molecular flexibility index (Phi) is 5.98. The van der Waals surface area contributed by atoms with Crippen LogP contribution in [0.4, 0.5) is 28.9 Å². The molecule has 0 aliphatic heterocycles. The van der Waals surface area contributed by atoms with Gasteiger partial charge in [0.2, 0.25) is 6.35 Å². The minimum atomic E-state index is -4.65. The standard InChI is InChI=1S/C16H19F4N5O/c1-9-21-6-11(7-22-9)23-15(26)24-14-5-12(16(18,19)20)10(4-13(14)17)8-25(2)3/h4-7,15,23-24,26H,8H2,1-3H3. The van der Waals surface area contributed by atoms with Crippen LogP contribution in [0.1, 0.15) is 17.0 Å². The number of nitrogens with zero attached hydrogens (tertiary/aromatic N) is 3. The van der Waals surface area contributed by atoms with Crippen molar-refractivity contribution < 1.29 is 22.7 Å². The van der Waals surface area contributed by atoms with Crippen molar-refractivity contribution in [2.24, 2.45) is 0 Å². The molecule has 0 fully saturated rings. The molecule has 0 aliphatic carbocycles. The Morgan fingerprint density at radius 2 is 1.77 bits per heavy atom. The van der Waals surface area contributed by atoms with Gasteiger partial charge in [-0.3, -0.25) is 0 Å². The molecule has 3 N–H and O–H groups in total. The van der Waals surface area contributed by atoms with Crippen LogP contribution in [0.5, 0.6) is 0 Å². The van der Waals surface area contributed by atoms with Gasteiger partial charge in [0.1, 0.15) is 11.6 Å². The fourth-order valence-electron chi connectivity index (χ4n) is 2.27. The number of aromatic nitrogens is 2. The second kappa shape index (κ2) is 7.83. The summed E-state index contributed by atoms with van der Waals surface area (Å²) in [4.78, 5) is 9.31. The van der Waals surface area contributed by atoms with Gasteiger partial charge in [-0.25, -0.2) is 14.4 Å². The van der Waals surface area contributed by atoms with Gasteiger partial charge < -0.3 is 20.6 Å². The highest BCUT2D eigenvalue weighted by Crippen LogP contribution is 2.35. The molecule has 0 saturated carbocycles. The Labute approximate surface area is 147 Å². The lowest BCUT2D eigenvalue weighted by molar-refractivity contribution is -0.138. The summed E-state index contributed by atoms with van der Waals surface area (Å²) in [6.07, 6.45) is -3.44. The first-order chi connectivity index (χ1) is 12.1. The van der Waals surface area contributed by atoms with Crippen LogP contribution in [0.2, 0.25) is 0 Å². The lowest BCUT2D eigenvalue weighted by Crippen LogP contribution is -2.29. The van der Waals surface area contributed by atoms with E-state index >= 15 is 0 Å². The highest BCUT2D eigenvalue weighted by Gasteiger charge is 2.34. The first kappa shape index (κ1) is 19.9. The van der Waals surface area contributed by atoms with E-state index in [1.807, 2.05) is 0 Å². The van der Waals surface area contributed by atoms with Gasteiger partial charge in [0.25, 0.3) is 0 Å². The Hall–Kier alpha value is -2.46. The van der Waals surface area contributed by atoms with Crippen LogP contribution in [0, 0.1) is 12.7 Å². The topological polar surface area (TPSA) is 73.3 Å². The third-order valence-corrected chi connectivity index (χ3v) is 3.36. The van der Waals surface area contributed by atoms with Crippen molar-refractivity contribution in [3.63, 3.8) is 0 Å². The van der Waals surface area contributed by atoms with Crippen LogP contribution in [-0.2, 0) is 12.7 Å². The molecule has 10 heteroatoms. The molecule has 0 amide bonds. The minimum absolute atomic E-state index is 0.0758. The van der Waals surface area contributed by atoms with Gasteiger partial charge in [0.05, 0.1) is 29.3 Å². The van der Waals surface area contributed by atoms with E-state index in [2.05, 4.69) is 20.6 Å². The highest BCUT2D eigenvalue weighted by molar-refractivity contribution is 5.53. The molecule has 1 heterocycles. The van der Waals surface area contributed by atoms with Crippen LogP contribution in [0.25, 0.3) is 0 Å². The molecule has 26 heavy (non-hydrogen) atoms. The molecule has 0 bridgehead atoms. The van der Waals surface area contributed by atoms with E-state index < -0.39 is 29.6 Å². The summed E-state index contributed by atoms with van der Waals surface area (Å²) >= 11 is 0. The third-order valence-electron chi connectivity index (χ3n) is 3.36. The zero-order valence-corrected chi connectivity index (χ0v) is 14.4. The molecule has 0 spiro atoms. The zero-order chi connectivity index (χ0) is 19.5. The van der Waals surface area contributed by atoms with Gasteiger partial charge in [-0.05, 0) is 38.7 Å². The lowest BCUT2D eigenvalue weighted by Gasteiger charge is -2.21. The average molecular weight is 373 g/mol. The van der Waals surface area contributed by atoms with Gasteiger partial charge in [0.15, 0.2) is 0 Å². The highest BCUT2D eigenvalue weighted by atomic mass is 19.4. The van der Waals surface area contributed by atoms with Crippen molar-refractivity contribution >= 4 is 11.4 Å². The van der Waals surface area contributed by atoms with Gasteiger partial charge in [-0.1, -0.05) is 0 Å². The summed E-state index contributed by atoms with van der Waals surface area (Å²) in [6, 6.07) is 1.46. The van der Waals surface area contributed by atoms with E-state index in [0.717, 1.165) is 6.07 Å². The number of rotatable bonds is 6. The molecule has 6 nitrogen and oxygen atoms in total. The van der Waals surface area contributed by atoms with Gasteiger partial charge in [0, 0.05) is 6.54 Å². The van der Waals surface area contributed by atoms with Crippen molar-refractivity contribution in [3.05, 3.63) is 47.3 Å². The summed E-state index contributed by atoms with van der Waals surface area (Å²) < 4.78 is 54.0. The normalized spacial score (nSPS) is 13.0. The SMILES string of the molecule is Cc1ncc(NC(O)Nc2cc(C(F)(F)F)c(CN(C)C)cc2F)cn1. The summed E-state index contributed by atoms with van der Waals surface area (Å²) in [6.45, 7) is 1.59. The van der Waals surface area contributed by atoms with Crippen molar-refractivity contribution in [1.82, 2.24) is 14.9 Å². The monoisotopic (exact) mass is 373 g/mol. The van der Waals surface area contributed by atoms with Crippen molar-refractivity contribution in [2.75, 3.05) is 24.7 Å². The summed E-state index contributed by atoms with van der Waals surface area (Å²) in [7, 11) is 3.17. The number of nitrogens with one attached hydrogen (secondary N) is 2. The molecular formula is C16H19F4N5O. The fraction of sp³-hybridized carbons (Fsp3) is 0.375. The molecule has 1 aromatic heterocycles. The number of halogens is 4. The first-order valence-corrected chi connectivity index (χ1v) is 7.60. The molecule has 1 unspecified atom stereocenters. The Balaban J connectivity index is 2.23. The van der Waals surface area contributed by atoms with E-state index in [9.17, 15) is 22.7 Å². The van der Waals surface area contributed by atoms with Gasteiger partial charge in [-0.15, -0.1) is 0 Å². The number of aliphatic hydroxyl groups is 1. The molecule has 0 aliphatic rings. The number of hydrogen-bond donors (Lipinski definition) is 3. The smallest absolute Gasteiger partial charge is 0.357 e. The number of benzene rings is 1. The van der Waals surface area contributed by atoms with Crippen molar-refractivity contribution in [3.8, 4) is 0 Å². The molecule has 2 rings (SSSR count). The molecular weight excluding hydrogens is 354 g/mol. The predicted octanol–water partition coefficient (Wildman–Crippen LogP) is 2.80. The molecule has 142 valence electrons. The number of aliphatic hydroxyl groups excluding tert-OH is 1. The Morgan fingerprint density at radius 1 is 1.15 bits per heavy atom. The number of hydrogen-bond acceptors (Lipinski definition) is 6. The number of anilines is 2. The van der Waals surface area contributed by atoms with E-state index in [1.54, 1.807) is 21.0 Å². The summed E-state index contributed by atoms with van der Waals surface area (Å²) in [5, 5.41) is 14.7. The predicted molar refractivity (Wildman–Crippen MR) is 88.8 cm³/mol. The number of alkyl halides is 3. The van der Waals surface area contributed by atoms with E-state index in [4.69, 9.17) is 0 Å². The van der Waals surface area contributed by atoms with Gasteiger partial charge in [-0.2, -0.15) is 13.2 Å². The largest absolute Gasteiger partial charge is 0.416 e.